The lowest BCUT2D eigenvalue weighted by atomic mass is 9.96. The molecule has 28 heavy (non-hydrogen) atoms. The van der Waals surface area contributed by atoms with Crippen molar-refractivity contribution in [2.75, 3.05) is 19.3 Å². The second kappa shape index (κ2) is 7.50. The zero-order valence-corrected chi connectivity index (χ0v) is 17.2. The van der Waals surface area contributed by atoms with E-state index >= 15 is 0 Å². The van der Waals surface area contributed by atoms with E-state index < -0.39 is 10.0 Å². The van der Waals surface area contributed by atoms with Gasteiger partial charge in [-0.15, -0.1) is 0 Å². The van der Waals surface area contributed by atoms with Gasteiger partial charge in [-0.3, -0.25) is 4.79 Å². The Balaban J connectivity index is 1.48. The molecule has 5 nitrogen and oxygen atoms in total. The van der Waals surface area contributed by atoms with Gasteiger partial charge in [-0.2, -0.15) is 0 Å². The third-order valence-corrected chi connectivity index (χ3v) is 6.48. The summed E-state index contributed by atoms with van der Waals surface area (Å²) < 4.78 is 25.4. The average molecular weight is 419 g/mol. The van der Waals surface area contributed by atoms with Crippen LogP contribution in [0, 0.1) is 5.92 Å². The van der Waals surface area contributed by atoms with Crippen molar-refractivity contribution in [3.8, 4) is 11.1 Å². The molecule has 2 aliphatic rings. The van der Waals surface area contributed by atoms with Gasteiger partial charge in [0.1, 0.15) is 0 Å². The van der Waals surface area contributed by atoms with Crippen LogP contribution in [-0.4, -0.2) is 44.6 Å². The fourth-order valence-electron chi connectivity index (χ4n) is 4.13. The predicted octanol–water partition coefficient (Wildman–Crippen LogP) is 3.26. The smallest absolute Gasteiger partial charge is 0.226 e. The average Bonchev–Trinajstić information content (AvgIpc) is 3.32. The van der Waals surface area contributed by atoms with E-state index in [0.717, 1.165) is 29.4 Å². The number of likely N-dealkylation sites (tertiary alicyclic amines) is 1. The molecule has 2 aromatic carbocycles. The molecule has 1 saturated heterocycles. The summed E-state index contributed by atoms with van der Waals surface area (Å²) in [5.41, 5.74) is 3.32. The molecule has 1 aliphatic carbocycles. The van der Waals surface area contributed by atoms with E-state index in [0.29, 0.717) is 24.5 Å². The van der Waals surface area contributed by atoms with Crippen LogP contribution in [0.1, 0.15) is 24.3 Å². The van der Waals surface area contributed by atoms with Crippen molar-refractivity contribution >= 4 is 27.5 Å². The standard InChI is InChI=1S/C21H23ClN2O3S/c1-28(26,27)23-16-9-10-24(13-16)21(25)20-12-19(20)17-8-7-15(22)11-18(17)14-5-3-2-4-6-14/h2-8,11,16,19-20,23H,9-10,12-13H2,1H3/t16-,19-,20+/m0/s1. The molecular weight excluding hydrogens is 396 g/mol. The summed E-state index contributed by atoms with van der Waals surface area (Å²) in [6.07, 6.45) is 2.63. The van der Waals surface area contributed by atoms with Crippen LogP contribution in [0.15, 0.2) is 48.5 Å². The fourth-order valence-corrected chi connectivity index (χ4v) is 5.10. The lowest BCUT2D eigenvalue weighted by Crippen LogP contribution is -2.38. The van der Waals surface area contributed by atoms with Gasteiger partial charge < -0.3 is 4.90 Å². The predicted molar refractivity (Wildman–Crippen MR) is 111 cm³/mol. The molecule has 2 fully saturated rings. The topological polar surface area (TPSA) is 66.5 Å². The molecule has 4 rings (SSSR count). The second-order valence-corrected chi connectivity index (χ2v) is 9.92. The van der Waals surface area contributed by atoms with Crippen molar-refractivity contribution in [3.05, 3.63) is 59.1 Å². The van der Waals surface area contributed by atoms with E-state index in [1.165, 1.54) is 0 Å². The van der Waals surface area contributed by atoms with Gasteiger partial charge in [0.25, 0.3) is 0 Å². The molecule has 7 heteroatoms. The second-order valence-electron chi connectivity index (χ2n) is 7.71. The number of carbonyl (C=O) groups excluding carboxylic acids is 1. The minimum atomic E-state index is -3.26. The Hall–Kier alpha value is -1.89. The van der Waals surface area contributed by atoms with Gasteiger partial charge in [0, 0.05) is 30.1 Å². The van der Waals surface area contributed by atoms with Gasteiger partial charge in [-0.1, -0.05) is 48.0 Å². The van der Waals surface area contributed by atoms with Crippen LogP contribution in [0.4, 0.5) is 0 Å². The minimum absolute atomic E-state index is 0.0411. The molecule has 0 bridgehead atoms. The summed E-state index contributed by atoms with van der Waals surface area (Å²) in [5, 5.41) is 0.681. The fraction of sp³-hybridized carbons (Fsp3) is 0.381. The van der Waals surface area contributed by atoms with Crippen LogP contribution in [0.5, 0.6) is 0 Å². The lowest BCUT2D eigenvalue weighted by Gasteiger charge is -2.17. The molecule has 0 radical (unpaired) electrons. The number of rotatable bonds is 5. The van der Waals surface area contributed by atoms with Crippen LogP contribution in [0.3, 0.4) is 0 Å². The maximum absolute atomic E-state index is 12.9. The minimum Gasteiger partial charge on any atom is -0.341 e. The van der Waals surface area contributed by atoms with Crippen molar-refractivity contribution in [1.82, 2.24) is 9.62 Å². The lowest BCUT2D eigenvalue weighted by molar-refractivity contribution is -0.131. The number of carbonyl (C=O) groups is 1. The molecule has 2 aromatic rings. The first-order valence-corrected chi connectivity index (χ1v) is 11.7. The number of hydrogen-bond donors (Lipinski definition) is 1. The first-order valence-electron chi connectivity index (χ1n) is 9.43. The summed E-state index contributed by atoms with van der Waals surface area (Å²) in [7, 11) is -3.26. The molecule has 1 N–H and O–H groups in total. The van der Waals surface area contributed by atoms with Gasteiger partial charge in [0.15, 0.2) is 0 Å². The van der Waals surface area contributed by atoms with Crippen LogP contribution >= 0.6 is 11.6 Å². The van der Waals surface area contributed by atoms with E-state index in [2.05, 4.69) is 16.9 Å². The van der Waals surface area contributed by atoms with Crippen LogP contribution in [0.2, 0.25) is 5.02 Å². The zero-order chi connectivity index (χ0) is 19.9. The Labute approximate surface area is 170 Å². The van der Waals surface area contributed by atoms with Gasteiger partial charge in [-0.05, 0) is 47.6 Å². The van der Waals surface area contributed by atoms with E-state index in [4.69, 9.17) is 11.6 Å². The van der Waals surface area contributed by atoms with Gasteiger partial charge in [-0.25, -0.2) is 13.1 Å². The van der Waals surface area contributed by atoms with Crippen LogP contribution < -0.4 is 4.72 Å². The Morgan fingerprint density at radius 2 is 1.93 bits per heavy atom. The third-order valence-electron chi connectivity index (χ3n) is 5.49. The van der Waals surface area contributed by atoms with E-state index in [1.54, 1.807) is 4.90 Å². The molecule has 0 aromatic heterocycles. The molecule has 1 amide bonds. The van der Waals surface area contributed by atoms with E-state index in [1.807, 2.05) is 36.4 Å². The molecule has 1 aliphatic heterocycles. The van der Waals surface area contributed by atoms with Gasteiger partial charge >= 0.3 is 0 Å². The SMILES string of the molecule is CS(=O)(=O)N[C@H]1CCN(C(=O)[C@@H]2C[C@H]2c2ccc(Cl)cc2-c2ccccc2)C1. The number of nitrogens with one attached hydrogen (secondary N) is 1. The zero-order valence-electron chi connectivity index (χ0n) is 15.6. The number of amides is 1. The monoisotopic (exact) mass is 418 g/mol. The van der Waals surface area contributed by atoms with Crippen molar-refractivity contribution in [2.45, 2.75) is 24.8 Å². The van der Waals surface area contributed by atoms with E-state index in [9.17, 15) is 13.2 Å². The highest BCUT2D eigenvalue weighted by molar-refractivity contribution is 7.88. The number of hydrogen-bond acceptors (Lipinski definition) is 3. The Bertz CT molecular complexity index is 994. The van der Waals surface area contributed by atoms with Crippen molar-refractivity contribution in [3.63, 3.8) is 0 Å². The van der Waals surface area contributed by atoms with Crippen LogP contribution in [0.25, 0.3) is 11.1 Å². The van der Waals surface area contributed by atoms with Crippen molar-refractivity contribution in [1.29, 1.82) is 0 Å². The molecule has 1 saturated carbocycles. The van der Waals surface area contributed by atoms with E-state index in [-0.39, 0.29) is 23.8 Å². The number of sulfonamides is 1. The highest BCUT2D eigenvalue weighted by Crippen LogP contribution is 2.51. The first-order chi connectivity index (χ1) is 13.3. The maximum Gasteiger partial charge on any atom is 0.226 e. The number of benzene rings is 2. The van der Waals surface area contributed by atoms with Crippen molar-refractivity contribution in [2.24, 2.45) is 5.92 Å². The maximum atomic E-state index is 12.9. The number of halogens is 1. The Kier molecular flexibility index (Phi) is 5.21. The highest BCUT2D eigenvalue weighted by atomic mass is 35.5. The molecule has 1 heterocycles. The summed E-state index contributed by atoms with van der Waals surface area (Å²) in [4.78, 5) is 14.7. The van der Waals surface area contributed by atoms with Crippen LogP contribution in [-0.2, 0) is 14.8 Å². The molecule has 0 unspecified atom stereocenters. The largest absolute Gasteiger partial charge is 0.341 e. The summed E-state index contributed by atoms with van der Waals surface area (Å²) in [6.45, 7) is 1.04. The summed E-state index contributed by atoms with van der Waals surface area (Å²) in [6, 6.07) is 15.8. The quantitative estimate of drug-likeness (QED) is 0.810. The highest BCUT2D eigenvalue weighted by Gasteiger charge is 2.47. The molecule has 0 spiro atoms. The Morgan fingerprint density at radius 3 is 2.64 bits per heavy atom. The normalized spacial score (nSPS) is 24.4. The summed E-state index contributed by atoms with van der Waals surface area (Å²) in [5.74, 6) is 0.263. The van der Waals surface area contributed by atoms with Gasteiger partial charge in [0.2, 0.25) is 15.9 Å². The van der Waals surface area contributed by atoms with Gasteiger partial charge in [0.05, 0.1) is 6.26 Å². The molecular formula is C21H23ClN2O3S. The molecule has 3 atom stereocenters. The molecule has 148 valence electrons. The summed E-state index contributed by atoms with van der Waals surface area (Å²) >= 11 is 6.23. The number of nitrogens with zero attached hydrogens (tertiary/aromatic N) is 1. The van der Waals surface area contributed by atoms with Crippen molar-refractivity contribution < 1.29 is 13.2 Å². The third kappa shape index (κ3) is 4.24. The first kappa shape index (κ1) is 19.4. The Morgan fingerprint density at radius 1 is 1.18 bits per heavy atom.